The number of anilines is 2. The molecule has 176 valence electrons. The van der Waals surface area contributed by atoms with Crippen molar-refractivity contribution in [2.24, 2.45) is 0 Å². The molecule has 0 spiro atoms. The van der Waals surface area contributed by atoms with E-state index < -0.39 is 0 Å². The maximum atomic E-state index is 11.6. The Bertz CT molecular complexity index is 1330. The molecule has 5 rings (SSSR count). The number of carbonyl (C=O) groups is 1. The van der Waals surface area contributed by atoms with E-state index in [9.17, 15) is 4.79 Å². The van der Waals surface area contributed by atoms with Crippen molar-refractivity contribution in [1.29, 1.82) is 0 Å². The molecule has 0 aliphatic carbocycles. The van der Waals surface area contributed by atoms with Crippen molar-refractivity contribution in [1.82, 2.24) is 34.3 Å². The second-order valence-electron chi connectivity index (χ2n) is 8.10. The van der Waals surface area contributed by atoms with E-state index in [0.29, 0.717) is 34.8 Å². The van der Waals surface area contributed by atoms with Crippen molar-refractivity contribution in [3.63, 3.8) is 0 Å². The van der Waals surface area contributed by atoms with Crippen LogP contribution in [-0.4, -0.2) is 59.9 Å². The monoisotopic (exact) mass is 480 g/mol. The number of rotatable bonds is 6. The summed E-state index contributed by atoms with van der Waals surface area (Å²) in [5.41, 5.74) is 2.97. The predicted molar refractivity (Wildman–Crippen MR) is 128 cm³/mol. The number of nitrogens with zero attached hydrogens (tertiary/aromatic N) is 7. The van der Waals surface area contributed by atoms with E-state index in [1.807, 2.05) is 47.1 Å². The summed E-state index contributed by atoms with van der Waals surface area (Å²) >= 11 is 6.45. The summed E-state index contributed by atoms with van der Waals surface area (Å²) in [6, 6.07) is 6.00. The summed E-state index contributed by atoms with van der Waals surface area (Å²) in [6.07, 6.45) is 8.76. The molecule has 11 heteroatoms. The molecule has 5 heterocycles. The molecule has 4 aromatic heterocycles. The second kappa shape index (κ2) is 9.30. The molecular weight excluding hydrogens is 456 g/mol. The van der Waals surface area contributed by atoms with Crippen LogP contribution in [0.15, 0.2) is 43.0 Å². The van der Waals surface area contributed by atoms with Gasteiger partial charge in [-0.2, -0.15) is 5.10 Å². The van der Waals surface area contributed by atoms with Gasteiger partial charge in [-0.3, -0.25) is 9.48 Å². The minimum Gasteiger partial charge on any atom is -0.475 e. The Hall–Kier alpha value is -3.66. The summed E-state index contributed by atoms with van der Waals surface area (Å²) in [5.74, 6) is 0.965. The van der Waals surface area contributed by atoms with Gasteiger partial charge in [0.05, 0.1) is 47.5 Å². The number of halogens is 1. The van der Waals surface area contributed by atoms with Crippen LogP contribution in [0.4, 0.5) is 11.6 Å². The standard InChI is InChI=1S/C23H25ClN8O2/c1-3-34-22-19(14-32(29-22)16-7-10-30(11-8-16)15(2)33)27-23-25-13-18(24)21(28-23)17-12-26-31-9-5-4-6-20(17)31/h4-6,9,12-14,16H,3,7-8,10-11H2,1-2H3,(H,25,27,28). The Morgan fingerprint density at radius 2 is 2.09 bits per heavy atom. The first-order chi connectivity index (χ1) is 16.5. The van der Waals surface area contributed by atoms with Crippen LogP contribution in [0.1, 0.15) is 32.7 Å². The number of piperidine rings is 1. The van der Waals surface area contributed by atoms with E-state index in [0.717, 1.165) is 37.0 Å². The number of amides is 1. The average Bonchev–Trinajstić information content (AvgIpc) is 3.45. The first-order valence-corrected chi connectivity index (χ1v) is 11.6. The van der Waals surface area contributed by atoms with Crippen LogP contribution >= 0.6 is 11.6 Å². The Labute approximate surface area is 201 Å². The summed E-state index contributed by atoms with van der Waals surface area (Å²) < 4.78 is 9.45. The van der Waals surface area contributed by atoms with E-state index in [-0.39, 0.29) is 11.9 Å². The van der Waals surface area contributed by atoms with Gasteiger partial charge in [-0.25, -0.2) is 14.5 Å². The van der Waals surface area contributed by atoms with Crippen molar-refractivity contribution < 1.29 is 9.53 Å². The third kappa shape index (κ3) is 4.28. The molecule has 1 amide bonds. The van der Waals surface area contributed by atoms with Gasteiger partial charge in [0.1, 0.15) is 5.69 Å². The zero-order valence-electron chi connectivity index (χ0n) is 19.0. The van der Waals surface area contributed by atoms with Crippen molar-refractivity contribution in [3.8, 4) is 17.1 Å². The molecule has 1 aliphatic rings. The van der Waals surface area contributed by atoms with Crippen LogP contribution in [0.2, 0.25) is 5.02 Å². The number of aromatic nitrogens is 6. The zero-order chi connectivity index (χ0) is 23.7. The minimum atomic E-state index is 0.109. The highest BCUT2D eigenvalue weighted by molar-refractivity contribution is 6.33. The number of hydrogen-bond donors (Lipinski definition) is 1. The van der Waals surface area contributed by atoms with Crippen molar-refractivity contribution >= 4 is 34.7 Å². The van der Waals surface area contributed by atoms with Crippen LogP contribution < -0.4 is 10.1 Å². The highest BCUT2D eigenvalue weighted by atomic mass is 35.5. The molecule has 0 saturated carbocycles. The summed E-state index contributed by atoms with van der Waals surface area (Å²) in [7, 11) is 0. The van der Waals surface area contributed by atoms with Crippen molar-refractivity contribution in [3.05, 3.63) is 48.0 Å². The van der Waals surface area contributed by atoms with E-state index in [4.69, 9.17) is 16.3 Å². The molecule has 34 heavy (non-hydrogen) atoms. The predicted octanol–water partition coefficient (Wildman–Crippen LogP) is 3.97. The maximum Gasteiger partial charge on any atom is 0.256 e. The molecule has 1 N–H and O–H groups in total. The molecule has 0 radical (unpaired) electrons. The third-order valence-corrected chi connectivity index (χ3v) is 6.21. The summed E-state index contributed by atoms with van der Waals surface area (Å²) in [6.45, 7) is 5.43. The highest BCUT2D eigenvalue weighted by Gasteiger charge is 2.24. The largest absolute Gasteiger partial charge is 0.475 e. The average molecular weight is 481 g/mol. The topological polar surface area (TPSA) is 102 Å². The van der Waals surface area contributed by atoms with E-state index in [1.54, 1.807) is 23.8 Å². The molecule has 4 aromatic rings. The third-order valence-electron chi connectivity index (χ3n) is 5.94. The fourth-order valence-corrected chi connectivity index (χ4v) is 4.38. The lowest BCUT2D eigenvalue weighted by molar-refractivity contribution is -0.130. The number of fused-ring (bicyclic) bond motifs is 1. The molecule has 0 bridgehead atoms. The van der Waals surface area contributed by atoms with Crippen LogP contribution in [0.5, 0.6) is 5.88 Å². The Morgan fingerprint density at radius 3 is 2.85 bits per heavy atom. The zero-order valence-corrected chi connectivity index (χ0v) is 19.7. The number of pyridine rings is 1. The molecule has 0 atom stereocenters. The first-order valence-electron chi connectivity index (χ1n) is 11.2. The van der Waals surface area contributed by atoms with Gasteiger partial charge in [-0.1, -0.05) is 17.7 Å². The van der Waals surface area contributed by atoms with Crippen LogP contribution in [-0.2, 0) is 4.79 Å². The lowest BCUT2D eigenvalue weighted by atomic mass is 10.1. The van der Waals surface area contributed by atoms with Crippen LogP contribution in [0, 0.1) is 0 Å². The van der Waals surface area contributed by atoms with Gasteiger partial charge in [-0.05, 0) is 31.9 Å². The first kappa shape index (κ1) is 22.1. The fraction of sp³-hybridized carbons (Fsp3) is 0.348. The quantitative estimate of drug-likeness (QED) is 0.445. The molecule has 1 fully saturated rings. The van der Waals surface area contributed by atoms with Gasteiger partial charge >= 0.3 is 0 Å². The van der Waals surface area contributed by atoms with E-state index in [2.05, 4.69) is 25.5 Å². The Morgan fingerprint density at radius 1 is 1.26 bits per heavy atom. The molecular formula is C23H25ClN8O2. The van der Waals surface area contributed by atoms with Crippen LogP contribution in [0.25, 0.3) is 16.8 Å². The van der Waals surface area contributed by atoms with Gasteiger partial charge in [0, 0.05) is 31.8 Å². The molecule has 1 aliphatic heterocycles. The summed E-state index contributed by atoms with van der Waals surface area (Å²) in [5, 5.41) is 12.7. The number of ether oxygens (including phenoxy) is 1. The lowest BCUT2D eigenvalue weighted by Crippen LogP contribution is -2.37. The van der Waals surface area contributed by atoms with Gasteiger partial charge in [0.15, 0.2) is 0 Å². The van der Waals surface area contributed by atoms with E-state index in [1.165, 1.54) is 0 Å². The number of carbonyl (C=O) groups excluding carboxylic acids is 1. The molecule has 10 nitrogen and oxygen atoms in total. The molecule has 0 aromatic carbocycles. The minimum absolute atomic E-state index is 0.109. The summed E-state index contributed by atoms with van der Waals surface area (Å²) in [4.78, 5) is 22.5. The number of nitrogens with one attached hydrogen (secondary N) is 1. The van der Waals surface area contributed by atoms with Gasteiger partial charge < -0.3 is 15.0 Å². The van der Waals surface area contributed by atoms with Crippen LogP contribution in [0.3, 0.4) is 0 Å². The smallest absolute Gasteiger partial charge is 0.256 e. The highest BCUT2D eigenvalue weighted by Crippen LogP contribution is 2.33. The van der Waals surface area contributed by atoms with Gasteiger partial charge in [-0.15, -0.1) is 5.10 Å². The molecule has 1 saturated heterocycles. The molecule has 0 unspecified atom stereocenters. The van der Waals surface area contributed by atoms with Gasteiger partial charge in [0.2, 0.25) is 11.9 Å². The Balaban J connectivity index is 1.42. The number of likely N-dealkylation sites (tertiary alicyclic amines) is 1. The maximum absolute atomic E-state index is 11.6. The van der Waals surface area contributed by atoms with Crippen molar-refractivity contribution in [2.75, 3.05) is 25.0 Å². The van der Waals surface area contributed by atoms with E-state index >= 15 is 0 Å². The lowest BCUT2D eigenvalue weighted by Gasteiger charge is -2.31. The van der Waals surface area contributed by atoms with Gasteiger partial charge in [0.25, 0.3) is 5.88 Å². The Kier molecular flexibility index (Phi) is 6.06. The van der Waals surface area contributed by atoms with Crippen molar-refractivity contribution in [2.45, 2.75) is 32.7 Å². The SMILES string of the molecule is CCOc1nn(C2CCN(C(C)=O)CC2)cc1Nc1ncc(Cl)c(-c2cnn3ccccc23)n1. The normalized spacial score (nSPS) is 14.5. The fourth-order valence-electron chi connectivity index (χ4n) is 4.19. The number of hydrogen-bond acceptors (Lipinski definition) is 7. The second-order valence-corrected chi connectivity index (χ2v) is 8.51.